The standard InChI is InChI=1S/C26H35N5O2/c1-2-27-26(28-14-13-25(32)29-17-21-9-5-3-6-10-21)31-19-23-24(20-31)33-16-15-30(23)18-22-11-7-4-8-12-22/h3-12,23-24H,2,13-20H2,1H3,(H,27,28)(H,29,32). The topological polar surface area (TPSA) is 69.2 Å². The van der Waals surface area contributed by atoms with E-state index in [4.69, 9.17) is 9.73 Å². The molecule has 7 heteroatoms. The van der Waals surface area contributed by atoms with Crippen LogP contribution in [0.2, 0.25) is 0 Å². The van der Waals surface area contributed by atoms with Crippen molar-refractivity contribution in [2.24, 2.45) is 4.99 Å². The molecule has 0 saturated carbocycles. The van der Waals surface area contributed by atoms with Crippen LogP contribution in [0.25, 0.3) is 0 Å². The van der Waals surface area contributed by atoms with Crippen LogP contribution in [-0.4, -0.2) is 73.1 Å². The van der Waals surface area contributed by atoms with E-state index in [1.165, 1.54) is 5.56 Å². The van der Waals surface area contributed by atoms with Gasteiger partial charge in [-0.25, -0.2) is 0 Å². The van der Waals surface area contributed by atoms with Crippen LogP contribution in [-0.2, 0) is 22.6 Å². The molecule has 0 aromatic heterocycles. The second-order valence-electron chi connectivity index (χ2n) is 8.59. The highest BCUT2D eigenvalue weighted by molar-refractivity contribution is 5.81. The summed E-state index contributed by atoms with van der Waals surface area (Å²) < 4.78 is 6.11. The predicted molar refractivity (Wildman–Crippen MR) is 131 cm³/mol. The molecule has 0 radical (unpaired) electrons. The number of rotatable bonds is 8. The fraction of sp³-hybridized carbons (Fsp3) is 0.462. The Morgan fingerprint density at radius 2 is 1.76 bits per heavy atom. The molecular formula is C26H35N5O2. The highest BCUT2D eigenvalue weighted by Crippen LogP contribution is 2.24. The van der Waals surface area contributed by atoms with Crippen molar-refractivity contribution >= 4 is 11.9 Å². The first-order chi connectivity index (χ1) is 16.2. The highest BCUT2D eigenvalue weighted by atomic mass is 16.5. The van der Waals surface area contributed by atoms with E-state index in [1.54, 1.807) is 0 Å². The van der Waals surface area contributed by atoms with Gasteiger partial charge in [0.1, 0.15) is 0 Å². The molecule has 2 aliphatic heterocycles. The summed E-state index contributed by atoms with van der Waals surface area (Å²) in [5.41, 5.74) is 2.43. The minimum Gasteiger partial charge on any atom is -0.373 e. The van der Waals surface area contributed by atoms with Gasteiger partial charge in [0.05, 0.1) is 25.3 Å². The summed E-state index contributed by atoms with van der Waals surface area (Å²) in [5, 5.41) is 6.38. The van der Waals surface area contributed by atoms with Crippen LogP contribution in [0, 0.1) is 0 Å². The van der Waals surface area contributed by atoms with Gasteiger partial charge < -0.3 is 20.3 Å². The first-order valence-corrected chi connectivity index (χ1v) is 12.0. The normalized spacial score (nSPS) is 21.0. The average molecular weight is 450 g/mol. The van der Waals surface area contributed by atoms with Gasteiger partial charge in [-0.1, -0.05) is 60.7 Å². The van der Waals surface area contributed by atoms with Crippen LogP contribution in [0.3, 0.4) is 0 Å². The molecule has 0 spiro atoms. The zero-order chi connectivity index (χ0) is 22.9. The molecular weight excluding hydrogens is 414 g/mol. The van der Waals surface area contributed by atoms with Crippen LogP contribution in [0.4, 0.5) is 0 Å². The Labute approximate surface area is 196 Å². The molecule has 2 aromatic carbocycles. The number of carbonyl (C=O) groups is 1. The smallest absolute Gasteiger partial charge is 0.222 e. The Bertz CT molecular complexity index is 905. The molecule has 176 valence electrons. The van der Waals surface area contributed by atoms with Gasteiger partial charge in [-0.15, -0.1) is 0 Å². The Morgan fingerprint density at radius 3 is 2.48 bits per heavy atom. The van der Waals surface area contributed by atoms with E-state index in [0.29, 0.717) is 25.6 Å². The first kappa shape index (κ1) is 23.3. The SMILES string of the molecule is CCNC(=NCCC(=O)NCc1ccccc1)N1CC2OCCN(Cc3ccccc3)C2C1. The van der Waals surface area contributed by atoms with E-state index in [0.717, 1.165) is 50.9 Å². The van der Waals surface area contributed by atoms with Crippen molar-refractivity contribution in [1.82, 2.24) is 20.4 Å². The number of aliphatic imine (C=N–C) groups is 1. The number of morpholine rings is 1. The largest absolute Gasteiger partial charge is 0.373 e. The van der Waals surface area contributed by atoms with Gasteiger partial charge >= 0.3 is 0 Å². The number of fused-ring (bicyclic) bond motifs is 1. The molecule has 0 aliphatic carbocycles. The second kappa shape index (κ2) is 11.8. The maximum Gasteiger partial charge on any atom is 0.222 e. The lowest BCUT2D eigenvalue weighted by Crippen LogP contribution is -2.50. The van der Waals surface area contributed by atoms with Crippen LogP contribution < -0.4 is 10.6 Å². The lowest BCUT2D eigenvalue weighted by molar-refractivity contribution is -0.121. The lowest BCUT2D eigenvalue weighted by atomic mass is 10.1. The summed E-state index contributed by atoms with van der Waals surface area (Å²) in [4.78, 5) is 21.8. The maximum atomic E-state index is 12.3. The Balaban J connectivity index is 1.30. The highest BCUT2D eigenvalue weighted by Gasteiger charge is 2.41. The van der Waals surface area contributed by atoms with Crippen LogP contribution in [0.15, 0.2) is 65.7 Å². The van der Waals surface area contributed by atoms with Crippen LogP contribution in [0.5, 0.6) is 0 Å². The molecule has 2 aromatic rings. The summed E-state index contributed by atoms with van der Waals surface area (Å²) in [5.74, 6) is 0.886. The van der Waals surface area contributed by atoms with Crippen molar-refractivity contribution in [3.63, 3.8) is 0 Å². The molecule has 4 rings (SSSR count). The van der Waals surface area contributed by atoms with E-state index in [2.05, 4.69) is 57.7 Å². The third kappa shape index (κ3) is 6.55. The van der Waals surface area contributed by atoms with Crippen LogP contribution >= 0.6 is 0 Å². The number of guanidine groups is 1. The third-order valence-corrected chi connectivity index (χ3v) is 6.21. The quantitative estimate of drug-likeness (QED) is 0.478. The summed E-state index contributed by atoms with van der Waals surface area (Å²) in [6.45, 7) is 8.22. The Kier molecular flexibility index (Phi) is 8.33. The fourth-order valence-electron chi connectivity index (χ4n) is 4.52. The second-order valence-corrected chi connectivity index (χ2v) is 8.59. The molecule has 2 heterocycles. The molecule has 1 amide bonds. The van der Waals surface area contributed by atoms with E-state index >= 15 is 0 Å². The number of nitrogens with zero attached hydrogens (tertiary/aromatic N) is 3. The summed E-state index contributed by atoms with van der Waals surface area (Å²) in [6, 6.07) is 20.9. The number of benzene rings is 2. The van der Waals surface area contributed by atoms with Crippen LogP contribution in [0.1, 0.15) is 24.5 Å². The minimum absolute atomic E-state index is 0.0194. The molecule has 2 fully saturated rings. The molecule has 2 N–H and O–H groups in total. The zero-order valence-electron chi connectivity index (χ0n) is 19.5. The molecule has 2 saturated heterocycles. The van der Waals surface area contributed by atoms with Gasteiger partial charge in [-0.05, 0) is 18.1 Å². The van der Waals surface area contributed by atoms with Gasteiger partial charge in [0, 0.05) is 45.7 Å². The fourth-order valence-corrected chi connectivity index (χ4v) is 4.52. The van der Waals surface area contributed by atoms with E-state index in [-0.39, 0.29) is 12.0 Å². The van der Waals surface area contributed by atoms with Gasteiger partial charge in [0.15, 0.2) is 5.96 Å². The first-order valence-electron chi connectivity index (χ1n) is 12.0. The van der Waals surface area contributed by atoms with Crippen molar-refractivity contribution < 1.29 is 9.53 Å². The van der Waals surface area contributed by atoms with E-state index < -0.39 is 0 Å². The molecule has 2 aliphatic rings. The summed E-state index contributed by atoms with van der Waals surface area (Å²) in [7, 11) is 0. The van der Waals surface area contributed by atoms with Gasteiger partial charge in [-0.2, -0.15) is 0 Å². The van der Waals surface area contributed by atoms with E-state index in [1.807, 2.05) is 30.3 Å². The maximum absolute atomic E-state index is 12.3. The molecule has 0 bridgehead atoms. The lowest BCUT2D eigenvalue weighted by Gasteiger charge is -2.36. The molecule has 2 unspecified atom stereocenters. The van der Waals surface area contributed by atoms with Crippen molar-refractivity contribution in [2.45, 2.75) is 38.6 Å². The number of hydrogen-bond donors (Lipinski definition) is 2. The third-order valence-electron chi connectivity index (χ3n) is 6.21. The Hall–Kier alpha value is -2.90. The Morgan fingerprint density at radius 1 is 1.03 bits per heavy atom. The molecule has 7 nitrogen and oxygen atoms in total. The molecule has 33 heavy (non-hydrogen) atoms. The molecule has 2 atom stereocenters. The number of hydrogen-bond acceptors (Lipinski definition) is 4. The number of amides is 1. The number of ether oxygens (including phenoxy) is 1. The van der Waals surface area contributed by atoms with Crippen molar-refractivity contribution in [1.29, 1.82) is 0 Å². The van der Waals surface area contributed by atoms with Gasteiger partial charge in [-0.3, -0.25) is 14.7 Å². The zero-order valence-corrected chi connectivity index (χ0v) is 19.5. The average Bonchev–Trinajstić information content (AvgIpc) is 3.29. The van der Waals surface area contributed by atoms with Crippen molar-refractivity contribution in [3.05, 3.63) is 71.8 Å². The van der Waals surface area contributed by atoms with Crippen molar-refractivity contribution in [3.8, 4) is 0 Å². The summed E-state index contributed by atoms with van der Waals surface area (Å²) >= 11 is 0. The van der Waals surface area contributed by atoms with Gasteiger partial charge in [0.2, 0.25) is 5.91 Å². The number of nitrogens with one attached hydrogen (secondary N) is 2. The minimum atomic E-state index is 0.0194. The monoisotopic (exact) mass is 449 g/mol. The number of likely N-dealkylation sites (tertiary alicyclic amines) is 1. The van der Waals surface area contributed by atoms with E-state index in [9.17, 15) is 4.79 Å². The predicted octanol–water partition coefficient (Wildman–Crippen LogP) is 2.24. The van der Waals surface area contributed by atoms with Crippen molar-refractivity contribution in [2.75, 3.05) is 39.3 Å². The number of carbonyl (C=O) groups excluding carboxylic acids is 1. The van der Waals surface area contributed by atoms with Gasteiger partial charge in [0.25, 0.3) is 0 Å². The summed E-state index contributed by atoms with van der Waals surface area (Å²) in [6.07, 6.45) is 0.555.